The Morgan fingerprint density at radius 2 is 2.11 bits per heavy atom. The third-order valence-electron chi connectivity index (χ3n) is 2.58. The minimum atomic E-state index is -0.207. The maximum atomic E-state index is 12.7. The van der Waals surface area contributed by atoms with Gasteiger partial charge in [0, 0.05) is 30.7 Å². The molecule has 0 aliphatic carbocycles. The summed E-state index contributed by atoms with van der Waals surface area (Å²) in [5, 5.41) is 5.32. The number of nitrogens with zero attached hydrogens (tertiary/aromatic N) is 2. The Morgan fingerprint density at radius 1 is 1.33 bits per heavy atom. The van der Waals surface area contributed by atoms with Crippen LogP contribution < -0.4 is 5.32 Å². The lowest BCUT2D eigenvalue weighted by Crippen LogP contribution is -2.24. The molecule has 0 saturated heterocycles. The van der Waals surface area contributed by atoms with E-state index in [1.54, 1.807) is 23.5 Å². The predicted molar refractivity (Wildman–Crippen MR) is 73.3 cm³/mol. The second-order valence-corrected chi connectivity index (χ2v) is 4.87. The summed E-state index contributed by atoms with van der Waals surface area (Å²) in [7, 11) is 2.06. The predicted octanol–water partition coefficient (Wildman–Crippen LogP) is 2.83. The quantitative estimate of drug-likeness (QED) is 0.870. The van der Waals surface area contributed by atoms with Crippen molar-refractivity contribution in [2.24, 2.45) is 0 Å². The summed E-state index contributed by atoms with van der Waals surface area (Å²) >= 11 is 1.61. The van der Waals surface area contributed by atoms with Gasteiger partial charge in [-0.25, -0.2) is 9.37 Å². The molecule has 0 unspecified atom stereocenters. The molecule has 0 fully saturated rings. The van der Waals surface area contributed by atoms with Crippen LogP contribution in [0.5, 0.6) is 0 Å². The van der Waals surface area contributed by atoms with Crippen LogP contribution in [-0.2, 0) is 6.54 Å². The van der Waals surface area contributed by atoms with Crippen molar-refractivity contribution in [2.45, 2.75) is 6.54 Å². The number of halogens is 1. The van der Waals surface area contributed by atoms with E-state index in [4.69, 9.17) is 0 Å². The van der Waals surface area contributed by atoms with E-state index in [9.17, 15) is 4.39 Å². The Kier molecular flexibility index (Phi) is 4.66. The van der Waals surface area contributed by atoms with E-state index in [1.165, 1.54) is 12.1 Å². The number of anilines is 1. The number of benzene rings is 1. The van der Waals surface area contributed by atoms with Gasteiger partial charge in [0.2, 0.25) is 0 Å². The van der Waals surface area contributed by atoms with Crippen molar-refractivity contribution in [2.75, 3.05) is 25.5 Å². The van der Waals surface area contributed by atoms with Gasteiger partial charge in [-0.3, -0.25) is 4.90 Å². The normalized spacial score (nSPS) is 10.8. The van der Waals surface area contributed by atoms with Crippen molar-refractivity contribution in [3.8, 4) is 0 Å². The molecule has 0 bridgehead atoms. The summed E-state index contributed by atoms with van der Waals surface area (Å²) in [6.07, 6.45) is 0. The number of thiazole rings is 1. The molecule has 5 heteroatoms. The lowest BCUT2D eigenvalue weighted by Gasteiger charge is -2.16. The molecule has 1 heterocycles. The van der Waals surface area contributed by atoms with Crippen molar-refractivity contribution in [3.05, 3.63) is 46.7 Å². The highest BCUT2D eigenvalue weighted by molar-refractivity contribution is 7.07. The summed E-state index contributed by atoms with van der Waals surface area (Å²) < 4.78 is 12.7. The highest BCUT2D eigenvalue weighted by Crippen LogP contribution is 2.08. The number of hydrogen-bond acceptors (Lipinski definition) is 4. The summed E-state index contributed by atoms with van der Waals surface area (Å²) in [4.78, 5) is 6.45. The van der Waals surface area contributed by atoms with Crippen LogP contribution in [0.2, 0.25) is 0 Å². The minimum Gasteiger partial charge on any atom is -0.384 e. The number of hydrogen-bond donors (Lipinski definition) is 1. The largest absolute Gasteiger partial charge is 0.384 e. The standard InChI is InChI=1S/C13H16FN3S/c1-17(8-13-9-18-10-16-13)7-6-15-12-4-2-11(14)3-5-12/h2-5,9-10,15H,6-8H2,1H3. The summed E-state index contributed by atoms with van der Waals surface area (Å²) in [5.41, 5.74) is 3.89. The number of likely N-dealkylation sites (N-methyl/N-ethyl adjacent to an activating group) is 1. The fraction of sp³-hybridized carbons (Fsp3) is 0.308. The Bertz CT molecular complexity index is 456. The monoisotopic (exact) mass is 265 g/mol. The second kappa shape index (κ2) is 6.47. The molecule has 0 aliphatic rings. The zero-order chi connectivity index (χ0) is 12.8. The molecule has 2 aromatic rings. The smallest absolute Gasteiger partial charge is 0.123 e. The first-order valence-corrected chi connectivity index (χ1v) is 6.73. The molecule has 0 amide bonds. The van der Waals surface area contributed by atoms with Crippen molar-refractivity contribution in [1.82, 2.24) is 9.88 Å². The fourth-order valence-electron chi connectivity index (χ4n) is 1.63. The third kappa shape index (κ3) is 4.09. The molecule has 0 aliphatic heterocycles. The van der Waals surface area contributed by atoms with Crippen LogP contribution in [0, 0.1) is 5.82 Å². The molecular weight excluding hydrogens is 249 g/mol. The van der Waals surface area contributed by atoms with Crippen molar-refractivity contribution < 1.29 is 4.39 Å². The molecule has 18 heavy (non-hydrogen) atoms. The highest BCUT2D eigenvalue weighted by atomic mass is 32.1. The van der Waals surface area contributed by atoms with Gasteiger partial charge < -0.3 is 5.32 Å². The van der Waals surface area contributed by atoms with Crippen LogP contribution in [0.25, 0.3) is 0 Å². The average Bonchev–Trinajstić information content (AvgIpc) is 2.84. The lowest BCUT2D eigenvalue weighted by molar-refractivity contribution is 0.336. The van der Waals surface area contributed by atoms with Crippen LogP contribution in [-0.4, -0.2) is 30.0 Å². The molecule has 1 aromatic carbocycles. The zero-order valence-corrected chi connectivity index (χ0v) is 11.1. The van der Waals surface area contributed by atoms with Gasteiger partial charge in [0.15, 0.2) is 0 Å². The molecule has 2 rings (SSSR count). The van der Waals surface area contributed by atoms with E-state index in [2.05, 4.69) is 27.6 Å². The molecule has 96 valence electrons. The van der Waals surface area contributed by atoms with Gasteiger partial charge in [-0.2, -0.15) is 0 Å². The van der Waals surface area contributed by atoms with E-state index < -0.39 is 0 Å². The van der Waals surface area contributed by atoms with Gasteiger partial charge in [-0.05, 0) is 31.3 Å². The average molecular weight is 265 g/mol. The van der Waals surface area contributed by atoms with Gasteiger partial charge in [-0.1, -0.05) is 0 Å². The number of rotatable bonds is 6. The molecule has 1 N–H and O–H groups in total. The van der Waals surface area contributed by atoms with Crippen LogP contribution in [0.15, 0.2) is 35.2 Å². The number of nitrogens with one attached hydrogen (secondary N) is 1. The van der Waals surface area contributed by atoms with Crippen LogP contribution in [0.3, 0.4) is 0 Å². The van der Waals surface area contributed by atoms with Crippen LogP contribution in [0.1, 0.15) is 5.69 Å². The molecule has 1 aromatic heterocycles. The van der Waals surface area contributed by atoms with Crippen molar-refractivity contribution in [1.29, 1.82) is 0 Å². The maximum absolute atomic E-state index is 12.7. The Hall–Kier alpha value is -1.46. The SMILES string of the molecule is CN(CCNc1ccc(F)cc1)Cc1cscn1. The van der Waals surface area contributed by atoms with Crippen molar-refractivity contribution >= 4 is 17.0 Å². The fourth-order valence-corrected chi connectivity index (χ4v) is 2.18. The third-order valence-corrected chi connectivity index (χ3v) is 3.22. The van der Waals surface area contributed by atoms with Gasteiger partial charge in [0.25, 0.3) is 0 Å². The van der Waals surface area contributed by atoms with E-state index in [-0.39, 0.29) is 5.82 Å². The molecule has 3 nitrogen and oxygen atoms in total. The second-order valence-electron chi connectivity index (χ2n) is 4.15. The Balaban J connectivity index is 1.70. The van der Waals surface area contributed by atoms with E-state index in [0.29, 0.717) is 0 Å². The van der Waals surface area contributed by atoms with Crippen LogP contribution in [0.4, 0.5) is 10.1 Å². The van der Waals surface area contributed by atoms with E-state index in [1.807, 2.05) is 5.51 Å². The van der Waals surface area contributed by atoms with Gasteiger partial charge in [-0.15, -0.1) is 11.3 Å². The van der Waals surface area contributed by atoms with Gasteiger partial charge >= 0.3 is 0 Å². The Labute approximate surface area is 110 Å². The first-order valence-electron chi connectivity index (χ1n) is 5.79. The highest BCUT2D eigenvalue weighted by Gasteiger charge is 2.01. The van der Waals surface area contributed by atoms with Gasteiger partial charge in [0.1, 0.15) is 5.82 Å². The summed E-state index contributed by atoms with van der Waals surface area (Å²) in [6, 6.07) is 6.41. The first kappa shape index (κ1) is 13.0. The van der Waals surface area contributed by atoms with Gasteiger partial charge in [0.05, 0.1) is 11.2 Å². The molecular formula is C13H16FN3S. The van der Waals surface area contributed by atoms with E-state index >= 15 is 0 Å². The topological polar surface area (TPSA) is 28.2 Å². The zero-order valence-electron chi connectivity index (χ0n) is 10.3. The first-order chi connectivity index (χ1) is 8.74. The minimum absolute atomic E-state index is 0.207. The van der Waals surface area contributed by atoms with E-state index in [0.717, 1.165) is 31.0 Å². The van der Waals surface area contributed by atoms with Crippen LogP contribution >= 0.6 is 11.3 Å². The summed E-state index contributed by atoms with van der Waals surface area (Å²) in [5.74, 6) is -0.207. The molecule has 0 radical (unpaired) electrons. The lowest BCUT2D eigenvalue weighted by atomic mass is 10.3. The number of aromatic nitrogens is 1. The summed E-state index contributed by atoms with van der Waals surface area (Å²) in [6.45, 7) is 2.59. The Morgan fingerprint density at radius 3 is 2.78 bits per heavy atom. The molecule has 0 atom stereocenters. The maximum Gasteiger partial charge on any atom is 0.123 e. The van der Waals surface area contributed by atoms with Crippen molar-refractivity contribution in [3.63, 3.8) is 0 Å². The molecule has 0 spiro atoms. The molecule has 0 saturated carbocycles.